The molecule has 0 fully saturated rings. The van der Waals surface area contributed by atoms with Crippen LogP contribution in [0.3, 0.4) is 0 Å². The normalized spacial score (nSPS) is 15.7. The van der Waals surface area contributed by atoms with Crippen molar-refractivity contribution >= 4 is 17.9 Å². The van der Waals surface area contributed by atoms with Gasteiger partial charge in [0.1, 0.15) is 11.6 Å². The van der Waals surface area contributed by atoms with Crippen molar-refractivity contribution in [3.63, 3.8) is 0 Å². The molecule has 0 aliphatic carbocycles. The van der Waals surface area contributed by atoms with E-state index in [9.17, 15) is 24.6 Å². The first-order valence-corrected chi connectivity index (χ1v) is 14.9. The molecule has 2 aromatic carbocycles. The highest BCUT2D eigenvalue weighted by Gasteiger charge is 2.33. The Kier molecular flexibility index (Phi) is 14.6. The van der Waals surface area contributed by atoms with Crippen molar-refractivity contribution in [3.8, 4) is 0 Å². The van der Waals surface area contributed by atoms with Gasteiger partial charge in [0.25, 0.3) is 0 Å². The molecule has 1 unspecified atom stereocenters. The minimum atomic E-state index is -1.12. The van der Waals surface area contributed by atoms with Gasteiger partial charge in [-0.2, -0.15) is 0 Å². The molecule has 10 nitrogen and oxygen atoms in total. The number of hydrogen-bond acceptors (Lipinski definition) is 7. The predicted molar refractivity (Wildman–Crippen MR) is 165 cm³/mol. The maximum Gasteiger partial charge on any atom is 0.407 e. The second-order valence-electron chi connectivity index (χ2n) is 12.1. The second-order valence-corrected chi connectivity index (χ2v) is 12.1. The second kappa shape index (κ2) is 17.6. The van der Waals surface area contributed by atoms with Crippen LogP contribution in [0.5, 0.6) is 0 Å². The van der Waals surface area contributed by atoms with E-state index < -0.39 is 60.3 Å². The van der Waals surface area contributed by atoms with Crippen molar-refractivity contribution in [1.29, 1.82) is 0 Å². The quantitative estimate of drug-likeness (QED) is 0.173. The Morgan fingerprint density at radius 1 is 0.860 bits per heavy atom. The summed E-state index contributed by atoms with van der Waals surface area (Å²) in [5, 5.41) is 38.6. The summed E-state index contributed by atoms with van der Waals surface area (Å²) in [4.78, 5) is 39.6. The van der Waals surface area contributed by atoms with E-state index in [0.29, 0.717) is 19.3 Å². The zero-order chi connectivity index (χ0) is 32.0. The SMILES string of the molecule is CC[C@H](C)[C@H](NC(=O)[C@@H](Cc1ccccc1)C[C@H](O)[C@H](Cc1ccccc1)NC(=O)OC(C)(C)C)C(=O)NCC(O)CO. The Morgan fingerprint density at radius 3 is 1.93 bits per heavy atom. The fourth-order valence-electron chi connectivity index (χ4n) is 4.61. The predicted octanol–water partition coefficient (Wildman–Crippen LogP) is 2.73. The molecule has 2 aromatic rings. The van der Waals surface area contributed by atoms with Crippen LogP contribution in [0.2, 0.25) is 0 Å². The lowest BCUT2D eigenvalue weighted by Gasteiger charge is -2.30. The number of carbonyl (C=O) groups excluding carboxylic acids is 3. The number of carbonyl (C=O) groups is 3. The van der Waals surface area contributed by atoms with Crippen LogP contribution in [0, 0.1) is 11.8 Å². The number of hydrogen-bond donors (Lipinski definition) is 6. The number of aliphatic hydroxyl groups excluding tert-OH is 3. The number of rotatable bonds is 16. The molecule has 0 bridgehead atoms. The molecule has 238 valence electrons. The molecule has 10 heteroatoms. The van der Waals surface area contributed by atoms with Gasteiger partial charge in [0, 0.05) is 12.5 Å². The molecule has 0 saturated carbocycles. The van der Waals surface area contributed by atoms with Gasteiger partial charge in [-0.1, -0.05) is 80.9 Å². The van der Waals surface area contributed by atoms with Gasteiger partial charge in [0.2, 0.25) is 11.8 Å². The first kappa shape index (κ1) is 35.7. The third-order valence-corrected chi connectivity index (χ3v) is 7.20. The summed E-state index contributed by atoms with van der Waals surface area (Å²) in [7, 11) is 0. The molecule has 2 rings (SSSR count). The number of aliphatic hydroxyl groups is 3. The summed E-state index contributed by atoms with van der Waals surface area (Å²) in [5.41, 5.74) is 1.04. The summed E-state index contributed by atoms with van der Waals surface area (Å²) >= 11 is 0. The minimum absolute atomic E-state index is 0.00605. The van der Waals surface area contributed by atoms with Crippen LogP contribution >= 0.6 is 0 Å². The maximum atomic E-state index is 13.8. The third-order valence-electron chi connectivity index (χ3n) is 7.20. The molecule has 0 aliphatic heterocycles. The smallest absolute Gasteiger partial charge is 0.407 e. The van der Waals surface area contributed by atoms with Gasteiger partial charge in [0.15, 0.2) is 0 Å². The molecule has 0 radical (unpaired) electrons. The van der Waals surface area contributed by atoms with Gasteiger partial charge >= 0.3 is 6.09 Å². The largest absolute Gasteiger partial charge is 0.444 e. The summed E-state index contributed by atoms with van der Waals surface area (Å²) in [6.45, 7) is 8.36. The third kappa shape index (κ3) is 13.1. The van der Waals surface area contributed by atoms with E-state index in [-0.39, 0.29) is 18.9 Å². The maximum absolute atomic E-state index is 13.8. The van der Waals surface area contributed by atoms with E-state index in [1.165, 1.54) is 0 Å². The summed E-state index contributed by atoms with van der Waals surface area (Å²) in [5.74, 6) is -1.85. The number of amides is 3. The van der Waals surface area contributed by atoms with Gasteiger partial charge < -0.3 is 36.0 Å². The molecule has 0 heterocycles. The molecule has 6 N–H and O–H groups in total. The highest BCUT2D eigenvalue weighted by molar-refractivity contribution is 5.88. The van der Waals surface area contributed by atoms with Gasteiger partial charge in [-0.3, -0.25) is 9.59 Å². The van der Waals surface area contributed by atoms with E-state index in [0.717, 1.165) is 11.1 Å². The van der Waals surface area contributed by atoms with E-state index in [4.69, 9.17) is 9.84 Å². The fourth-order valence-corrected chi connectivity index (χ4v) is 4.61. The Morgan fingerprint density at radius 2 is 1.42 bits per heavy atom. The fraction of sp³-hybridized carbons (Fsp3) is 0.545. The topological polar surface area (TPSA) is 157 Å². The minimum Gasteiger partial charge on any atom is -0.444 e. The standard InChI is InChI=1S/C33H49N3O7/c1-6-22(2)29(31(41)34-20-26(38)21-37)36-30(40)25(17-23-13-9-7-10-14-23)19-28(39)27(18-24-15-11-8-12-16-24)35-32(42)43-33(3,4)5/h7-16,22,25-29,37-39H,6,17-21H2,1-5H3,(H,34,41)(H,35,42)(H,36,40)/t22-,25-,26?,27-,28-,29-/m0/s1. The number of benzene rings is 2. The lowest BCUT2D eigenvalue weighted by atomic mass is 9.88. The van der Waals surface area contributed by atoms with Crippen molar-refractivity contribution < 1.29 is 34.4 Å². The van der Waals surface area contributed by atoms with Crippen LogP contribution in [0.15, 0.2) is 60.7 Å². The molecule has 0 saturated heterocycles. The highest BCUT2D eigenvalue weighted by Crippen LogP contribution is 2.20. The molecule has 6 atom stereocenters. The molecule has 0 spiro atoms. The van der Waals surface area contributed by atoms with Gasteiger partial charge in [-0.05, 0) is 57.1 Å². The van der Waals surface area contributed by atoms with Crippen molar-refractivity contribution in [3.05, 3.63) is 71.8 Å². The van der Waals surface area contributed by atoms with Crippen LogP contribution < -0.4 is 16.0 Å². The van der Waals surface area contributed by atoms with Crippen molar-refractivity contribution in [2.75, 3.05) is 13.2 Å². The van der Waals surface area contributed by atoms with Crippen LogP contribution in [0.1, 0.15) is 58.6 Å². The summed E-state index contributed by atoms with van der Waals surface area (Å²) in [6, 6.07) is 17.2. The molecule has 3 amide bonds. The molecular weight excluding hydrogens is 550 g/mol. The molecule has 43 heavy (non-hydrogen) atoms. The average molecular weight is 600 g/mol. The first-order valence-electron chi connectivity index (χ1n) is 14.9. The Bertz CT molecular complexity index is 1120. The number of alkyl carbamates (subject to hydrolysis) is 1. The van der Waals surface area contributed by atoms with Gasteiger partial charge in [-0.15, -0.1) is 0 Å². The monoisotopic (exact) mass is 599 g/mol. The molecule has 0 aliphatic rings. The lowest BCUT2D eigenvalue weighted by Crippen LogP contribution is -2.54. The van der Waals surface area contributed by atoms with Crippen molar-refractivity contribution in [2.45, 2.75) is 90.2 Å². The number of ether oxygens (including phenoxy) is 1. The van der Waals surface area contributed by atoms with Crippen molar-refractivity contribution in [1.82, 2.24) is 16.0 Å². The van der Waals surface area contributed by atoms with Crippen molar-refractivity contribution in [2.24, 2.45) is 11.8 Å². The highest BCUT2D eigenvalue weighted by atomic mass is 16.6. The Labute approximate surface area is 255 Å². The summed E-state index contributed by atoms with van der Waals surface area (Å²) in [6.07, 6.45) is -1.69. The van der Waals surface area contributed by atoms with Crippen LogP contribution in [-0.2, 0) is 27.2 Å². The van der Waals surface area contributed by atoms with E-state index in [2.05, 4.69) is 16.0 Å². The van der Waals surface area contributed by atoms with E-state index >= 15 is 0 Å². The molecular formula is C33H49N3O7. The zero-order valence-electron chi connectivity index (χ0n) is 26.0. The number of nitrogens with one attached hydrogen (secondary N) is 3. The van der Waals surface area contributed by atoms with E-state index in [1.807, 2.05) is 74.5 Å². The van der Waals surface area contributed by atoms with Crippen LogP contribution in [0.4, 0.5) is 4.79 Å². The van der Waals surface area contributed by atoms with Crippen LogP contribution in [0.25, 0.3) is 0 Å². The molecule has 0 aromatic heterocycles. The Hall–Kier alpha value is -3.47. The van der Waals surface area contributed by atoms with Gasteiger partial charge in [0.05, 0.1) is 24.9 Å². The van der Waals surface area contributed by atoms with E-state index in [1.54, 1.807) is 20.8 Å². The lowest BCUT2D eigenvalue weighted by molar-refractivity contribution is -0.133. The van der Waals surface area contributed by atoms with Gasteiger partial charge in [-0.25, -0.2) is 4.79 Å². The Balaban J connectivity index is 2.31. The summed E-state index contributed by atoms with van der Waals surface area (Å²) < 4.78 is 5.45. The first-order chi connectivity index (χ1) is 20.3. The zero-order valence-corrected chi connectivity index (χ0v) is 26.0. The average Bonchev–Trinajstić information content (AvgIpc) is 2.97. The van der Waals surface area contributed by atoms with Crippen LogP contribution in [-0.4, -0.2) is 76.3 Å².